The highest BCUT2D eigenvalue weighted by atomic mass is 79.9. The van der Waals surface area contributed by atoms with Crippen molar-refractivity contribution in [2.24, 2.45) is 0 Å². The first kappa shape index (κ1) is 15.9. The molecule has 2 aromatic rings. The molecule has 1 aromatic heterocycles. The third-order valence-corrected chi connectivity index (χ3v) is 4.54. The van der Waals surface area contributed by atoms with Crippen molar-refractivity contribution in [3.05, 3.63) is 52.1 Å². The van der Waals surface area contributed by atoms with Gasteiger partial charge in [-0.15, -0.1) is 5.10 Å². The van der Waals surface area contributed by atoms with Gasteiger partial charge in [-0.2, -0.15) is 5.10 Å². The quantitative estimate of drug-likeness (QED) is 0.827. The van der Waals surface area contributed by atoms with Gasteiger partial charge in [-0.25, -0.2) is 0 Å². The smallest absolute Gasteiger partial charge is 0.227 e. The Morgan fingerprint density at radius 3 is 2.35 bits per heavy atom. The molecule has 1 aliphatic heterocycles. The molecular weight excluding hydrogens is 356 g/mol. The third kappa shape index (κ3) is 4.07. The van der Waals surface area contributed by atoms with Crippen LogP contribution in [0.5, 0.6) is 0 Å². The average Bonchev–Trinajstić information content (AvgIpc) is 2.58. The number of benzene rings is 1. The second-order valence-electron chi connectivity index (χ2n) is 5.70. The average molecular weight is 375 g/mol. The first-order chi connectivity index (χ1) is 11.1. The normalized spacial score (nSPS) is 14.9. The summed E-state index contributed by atoms with van der Waals surface area (Å²) in [6, 6.07) is 11.9. The van der Waals surface area contributed by atoms with E-state index in [9.17, 15) is 4.79 Å². The Labute approximate surface area is 144 Å². The van der Waals surface area contributed by atoms with Crippen molar-refractivity contribution in [3.63, 3.8) is 0 Å². The lowest BCUT2D eigenvalue weighted by Gasteiger charge is -2.35. The molecule has 0 unspecified atom stereocenters. The minimum atomic E-state index is 0.182. The Kier molecular flexibility index (Phi) is 4.91. The van der Waals surface area contributed by atoms with Gasteiger partial charge < -0.3 is 9.80 Å². The van der Waals surface area contributed by atoms with Crippen molar-refractivity contribution in [2.75, 3.05) is 31.1 Å². The van der Waals surface area contributed by atoms with Crippen LogP contribution in [0, 0.1) is 6.92 Å². The molecule has 2 heterocycles. The van der Waals surface area contributed by atoms with Crippen LogP contribution in [0.4, 0.5) is 5.82 Å². The van der Waals surface area contributed by atoms with Crippen molar-refractivity contribution in [1.82, 2.24) is 15.1 Å². The highest BCUT2D eigenvalue weighted by Crippen LogP contribution is 2.15. The van der Waals surface area contributed by atoms with Crippen LogP contribution in [-0.2, 0) is 11.2 Å². The maximum Gasteiger partial charge on any atom is 0.227 e. The zero-order valence-corrected chi connectivity index (χ0v) is 14.7. The monoisotopic (exact) mass is 374 g/mol. The van der Waals surface area contributed by atoms with E-state index in [-0.39, 0.29) is 5.91 Å². The zero-order valence-electron chi connectivity index (χ0n) is 13.1. The van der Waals surface area contributed by atoms with Gasteiger partial charge in [0.2, 0.25) is 5.91 Å². The molecule has 0 spiro atoms. The molecule has 0 N–H and O–H groups in total. The molecule has 0 bridgehead atoms. The largest absolute Gasteiger partial charge is 0.352 e. The maximum atomic E-state index is 12.4. The van der Waals surface area contributed by atoms with Gasteiger partial charge >= 0.3 is 0 Å². The van der Waals surface area contributed by atoms with Gasteiger partial charge in [0, 0.05) is 30.7 Å². The number of amides is 1. The van der Waals surface area contributed by atoms with Gasteiger partial charge in [0.1, 0.15) is 0 Å². The lowest BCUT2D eigenvalue weighted by Crippen LogP contribution is -2.49. The van der Waals surface area contributed by atoms with Crippen molar-refractivity contribution in [2.45, 2.75) is 13.3 Å². The van der Waals surface area contributed by atoms with E-state index >= 15 is 0 Å². The standard InChI is InChI=1S/C17H19BrN4O/c1-13-2-7-16(20-19-13)21-8-10-22(11-9-21)17(23)12-14-3-5-15(18)6-4-14/h2-7H,8-12H2,1H3. The Morgan fingerprint density at radius 2 is 1.74 bits per heavy atom. The Bertz CT molecular complexity index is 664. The van der Waals surface area contributed by atoms with E-state index in [1.807, 2.05) is 48.2 Å². The minimum Gasteiger partial charge on any atom is -0.352 e. The lowest BCUT2D eigenvalue weighted by atomic mass is 10.1. The van der Waals surface area contributed by atoms with Crippen LogP contribution in [-0.4, -0.2) is 47.2 Å². The van der Waals surface area contributed by atoms with E-state index in [0.717, 1.165) is 47.7 Å². The number of hydrogen-bond acceptors (Lipinski definition) is 4. The van der Waals surface area contributed by atoms with Crippen molar-refractivity contribution in [1.29, 1.82) is 0 Å². The van der Waals surface area contributed by atoms with Crippen LogP contribution < -0.4 is 4.90 Å². The fourth-order valence-electron chi connectivity index (χ4n) is 2.63. The predicted molar refractivity (Wildman–Crippen MR) is 93.4 cm³/mol. The van der Waals surface area contributed by atoms with E-state index in [4.69, 9.17) is 0 Å². The molecule has 1 fully saturated rings. The van der Waals surface area contributed by atoms with E-state index in [0.29, 0.717) is 6.42 Å². The van der Waals surface area contributed by atoms with Gasteiger partial charge in [0.25, 0.3) is 0 Å². The van der Waals surface area contributed by atoms with E-state index in [2.05, 4.69) is 31.0 Å². The molecule has 3 rings (SSSR count). The van der Waals surface area contributed by atoms with Crippen LogP contribution in [0.2, 0.25) is 0 Å². The van der Waals surface area contributed by atoms with Crippen molar-refractivity contribution < 1.29 is 4.79 Å². The summed E-state index contributed by atoms with van der Waals surface area (Å²) in [4.78, 5) is 16.5. The molecule has 0 radical (unpaired) electrons. The number of aryl methyl sites for hydroxylation is 1. The number of halogens is 1. The van der Waals surface area contributed by atoms with Crippen LogP contribution >= 0.6 is 15.9 Å². The highest BCUT2D eigenvalue weighted by molar-refractivity contribution is 9.10. The number of carbonyl (C=O) groups excluding carboxylic acids is 1. The number of aromatic nitrogens is 2. The fraction of sp³-hybridized carbons (Fsp3) is 0.353. The molecule has 1 aliphatic rings. The molecule has 6 heteroatoms. The molecule has 5 nitrogen and oxygen atoms in total. The number of hydrogen-bond donors (Lipinski definition) is 0. The molecule has 0 saturated carbocycles. The van der Waals surface area contributed by atoms with Crippen molar-refractivity contribution >= 4 is 27.7 Å². The molecule has 0 aliphatic carbocycles. The highest BCUT2D eigenvalue weighted by Gasteiger charge is 2.22. The van der Waals surface area contributed by atoms with E-state index < -0.39 is 0 Å². The van der Waals surface area contributed by atoms with Crippen LogP contribution in [0.15, 0.2) is 40.9 Å². The summed E-state index contributed by atoms with van der Waals surface area (Å²) in [5.41, 5.74) is 1.96. The molecule has 1 saturated heterocycles. The molecule has 1 aromatic carbocycles. The number of piperazine rings is 1. The second-order valence-corrected chi connectivity index (χ2v) is 6.62. The van der Waals surface area contributed by atoms with Gasteiger partial charge in [0.15, 0.2) is 5.82 Å². The topological polar surface area (TPSA) is 49.3 Å². The van der Waals surface area contributed by atoms with Crippen LogP contribution in [0.25, 0.3) is 0 Å². The molecule has 0 atom stereocenters. The van der Waals surface area contributed by atoms with Gasteiger partial charge in [-0.1, -0.05) is 28.1 Å². The Morgan fingerprint density at radius 1 is 1.04 bits per heavy atom. The summed E-state index contributed by atoms with van der Waals surface area (Å²) in [6.07, 6.45) is 0.456. The van der Waals surface area contributed by atoms with E-state index in [1.54, 1.807) is 0 Å². The summed E-state index contributed by atoms with van der Waals surface area (Å²) in [7, 11) is 0. The van der Waals surface area contributed by atoms with Gasteiger partial charge in [-0.05, 0) is 36.8 Å². The fourth-order valence-corrected chi connectivity index (χ4v) is 2.90. The van der Waals surface area contributed by atoms with Crippen LogP contribution in [0.1, 0.15) is 11.3 Å². The van der Waals surface area contributed by atoms with E-state index in [1.165, 1.54) is 0 Å². The second kappa shape index (κ2) is 7.08. The summed E-state index contributed by atoms with van der Waals surface area (Å²) < 4.78 is 1.03. The minimum absolute atomic E-state index is 0.182. The summed E-state index contributed by atoms with van der Waals surface area (Å²) >= 11 is 3.41. The van der Waals surface area contributed by atoms with Gasteiger partial charge in [0.05, 0.1) is 12.1 Å². The molecule has 120 valence electrons. The predicted octanol–water partition coefficient (Wildman–Crippen LogP) is 2.44. The third-order valence-electron chi connectivity index (χ3n) is 4.01. The Hall–Kier alpha value is -1.95. The SMILES string of the molecule is Cc1ccc(N2CCN(C(=O)Cc3ccc(Br)cc3)CC2)nn1. The number of nitrogens with zero attached hydrogens (tertiary/aromatic N) is 4. The summed E-state index contributed by atoms with van der Waals surface area (Å²) in [6.45, 7) is 4.97. The Balaban J connectivity index is 1.54. The molecular formula is C17H19BrN4O. The number of anilines is 1. The van der Waals surface area contributed by atoms with Gasteiger partial charge in [-0.3, -0.25) is 4.79 Å². The molecule has 1 amide bonds. The molecule has 23 heavy (non-hydrogen) atoms. The maximum absolute atomic E-state index is 12.4. The van der Waals surface area contributed by atoms with Crippen LogP contribution in [0.3, 0.4) is 0 Å². The first-order valence-corrected chi connectivity index (χ1v) is 8.48. The number of rotatable bonds is 3. The summed E-state index contributed by atoms with van der Waals surface area (Å²) in [5.74, 6) is 1.07. The summed E-state index contributed by atoms with van der Waals surface area (Å²) in [5, 5.41) is 8.31. The lowest BCUT2D eigenvalue weighted by molar-refractivity contribution is -0.130. The van der Waals surface area contributed by atoms with Crippen molar-refractivity contribution in [3.8, 4) is 0 Å². The number of carbonyl (C=O) groups is 1. The first-order valence-electron chi connectivity index (χ1n) is 7.69. The zero-order chi connectivity index (χ0) is 16.2.